The van der Waals surface area contributed by atoms with Crippen LogP contribution in [0.1, 0.15) is 17.2 Å². The summed E-state index contributed by atoms with van der Waals surface area (Å²) in [6, 6.07) is 9.75. The van der Waals surface area contributed by atoms with Crippen molar-refractivity contribution < 1.29 is 5.11 Å². The number of benzene rings is 1. The fourth-order valence-corrected chi connectivity index (χ4v) is 1.94. The van der Waals surface area contributed by atoms with Crippen LogP contribution in [0.2, 0.25) is 0 Å². The van der Waals surface area contributed by atoms with Crippen LogP contribution in [0.25, 0.3) is 0 Å². The van der Waals surface area contributed by atoms with Gasteiger partial charge in [-0.1, -0.05) is 12.1 Å². The normalized spacial score (nSPS) is 12.7. The Morgan fingerprint density at radius 1 is 1.21 bits per heavy atom. The molecule has 2 N–H and O–H groups in total. The highest BCUT2D eigenvalue weighted by Gasteiger charge is 2.10. The largest absolute Gasteiger partial charge is 0.384 e. The lowest BCUT2D eigenvalue weighted by molar-refractivity contribution is 0.220. The zero-order valence-electron chi connectivity index (χ0n) is 7.44. The minimum absolute atomic E-state index is 0.532. The molecule has 2 rings (SSSR count). The van der Waals surface area contributed by atoms with Crippen LogP contribution in [0.5, 0.6) is 0 Å². The SMILES string of the molecule is OC(c1cc[nH]c1)c1cccc(I)c1. The average molecular weight is 299 g/mol. The number of aliphatic hydroxyl groups excluding tert-OH is 1. The van der Waals surface area contributed by atoms with Gasteiger partial charge in [0.05, 0.1) is 0 Å². The van der Waals surface area contributed by atoms with Crippen molar-refractivity contribution in [1.82, 2.24) is 4.98 Å². The van der Waals surface area contributed by atoms with E-state index >= 15 is 0 Å². The summed E-state index contributed by atoms with van der Waals surface area (Å²) in [5, 5.41) is 9.98. The predicted octanol–water partition coefficient (Wildman–Crippen LogP) is 2.70. The van der Waals surface area contributed by atoms with Crippen LogP contribution >= 0.6 is 22.6 Å². The fourth-order valence-electron chi connectivity index (χ4n) is 1.38. The van der Waals surface area contributed by atoms with Crippen molar-refractivity contribution in [3.05, 3.63) is 57.4 Å². The molecule has 1 aromatic carbocycles. The summed E-state index contributed by atoms with van der Waals surface area (Å²) in [5.74, 6) is 0. The molecule has 0 radical (unpaired) electrons. The van der Waals surface area contributed by atoms with Crippen molar-refractivity contribution in [3.63, 3.8) is 0 Å². The zero-order valence-corrected chi connectivity index (χ0v) is 9.60. The average Bonchev–Trinajstić information content (AvgIpc) is 2.69. The van der Waals surface area contributed by atoms with Crippen molar-refractivity contribution in [1.29, 1.82) is 0 Å². The third kappa shape index (κ3) is 1.99. The summed E-state index contributed by atoms with van der Waals surface area (Å²) in [6.07, 6.45) is 3.09. The van der Waals surface area contributed by atoms with E-state index in [1.165, 1.54) is 0 Å². The highest BCUT2D eigenvalue weighted by Crippen LogP contribution is 2.22. The van der Waals surface area contributed by atoms with Gasteiger partial charge in [-0.2, -0.15) is 0 Å². The first-order valence-electron chi connectivity index (χ1n) is 4.33. The van der Waals surface area contributed by atoms with Gasteiger partial charge in [0.1, 0.15) is 6.10 Å². The van der Waals surface area contributed by atoms with Crippen LogP contribution in [0, 0.1) is 3.57 Å². The summed E-state index contributed by atoms with van der Waals surface area (Å²) in [7, 11) is 0. The summed E-state index contributed by atoms with van der Waals surface area (Å²) in [4.78, 5) is 2.93. The van der Waals surface area contributed by atoms with E-state index in [4.69, 9.17) is 0 Å². The zero-order chi connectivity index (χ0) is 9.97. The van der Waals surface area contributed by atoms with Crippen molar-refractivity contribution in [2.75, 3.05) is 0 Å². The van der Waals surface area contributed by atoms with E-state index in [0.29, 0.717) is 0 Å². The standard InChI is InChI=1S/C11H10INO/c12-10-3-1-2-8(6-10)11(14)9-4-5-13-7-9/h1-7,11,13-14H. The topological polar surface area (TPSA) is 36.0 Å². The number of aromatic amines is 1. The van der Waals surface area contributed by atoms with Gasteiger partial charge in [-0.25, -0.2) is 0 Å². The molecule has 0 aliphatic rings. The number of aliphatic hydroxyl groups is 1. The molecule has 2 aromatic rings. The molecule has 0 aliphatic heterocycles. The molecule has 0 spiro atoms. The van der Waals surface area contributed by atoms with Crippen molar-refractivity contribution >= 4 is 22.6 Å². The van der Waals surface area contributed by atoms with E-state index in [9.17, 15) is 5.11 Å². The molecule has 1 aromatic heterocycles. The van der Waals surface area contributed by atoms with E-state index in [0.717, 1.165) is 14.7 Å². The Morgan fingerprint density at radius 3 is 2.71 bits per heavy atom. The highest BCUT2D eigenvalue weighted by molar-refractivity contribution is 14.1. The molecule has 72 valence electrons. The van der Waals surface area contributed by atoms with Gasteiger partial charge in [0.2, 0.25) is 0 Å². The molecule has 0 bridgehead atoms. The van der Waals surface area contributed by atoms with Crippen LogP contribution in [0.4, 0.5) is 0 Å². The van der Waals surface area contributed by atoms with Crippen LogP contribution in [-0.2, 0) is 0 Å². The molecule has 1 atom stereocenters. The maximum atomic E-state index is 9.98. The first kappa shape index (κ1) is 9.73. The number of halogens is 1. The van der Waals surface area contributed by atoms with Crippen LogP contribution in [0.3, 0.4) is 0 Å². The molecule has 2 nitrogen and oxygen atoms in total. The highest BCUT2D eigenvalue weighted by atomic mass is 127. The predicted molar refractivity (Wildman–Crippen MR) is 64.0 cm³/mol. The second kappa shape index (κ2) is 4.14. The molecule has 1 unspecified atom stereocenters. The lowest BCUT2D eigenvalue weighted by atomic mass is 10.0. The van der Waals surface area contributed by atoms with Crippen LogP contribution in [0.15, 0.2) is 42.7 Å². The van der Waals surface area contributed by atoms with Crippen molar-refractivity contribution in [3.8, 4) is 0 Å². The summed E-state index contributed by atoms with van der Waals surface area (Å²) >= 11 is 2.24. The number of hydrogen-bond acceptors (Lipinski definition) is 1. The summed E-state index contributed by atoms with van der Waals surface area (Å²) in [6.45, 7) is 0. The first-order chi connectivity index (χ1) is 6.77. The van der Waals surface area contributed by atoms with Crippen LogP contribution < -0.4 is 0 Å². The van der Waals surface area contributed by atoms with E-state index in [1.807, 2.05) is 42.7 Å². The number of hydrogen-bond donors (Lipinski definition) is 2. The van der Waals surface area contributed by atoms with Gasteiger partial charge in [-0.3, -0.25) is 0 Å². The summed E-state index contributed by atoms with van der Waals surface area (Å²) in [5.41, 5.74) is 1.82. The Labute approximate surface area is 96.1 Å². The van der Waals surface area contributed by atoms with Gasteiger partial charge in [0.15, 0.2) is 0 Å². The Balaban J connectivity index is 2.32. The number of nitrogens with one attached hydrogen (secondary N) is 1. The minimum atomic E-state index is -0.532. The number of aromatic nitrogens is 1. The Morgan fingerprint density at radius 2 is 2.07 bits per heavy atom. The van der Waals surface area contributed by atoms with Crippen molar-refractivity contribution in [2.45, 2.75) is 6.10 Å². The second-order valence-electron chi connectivity index (χ2n) is 3.10. The molecule has 14 heavy (non-hydrogen) atoms. The minimum Gasteiger partial charge on any atom is -0.384 e. The quantitative estimate of drug-likeness (QED) is 0.822. The lowest BCUT2D eigenvalue weighted by Crippen LogP contribution is -1.97. The van der Waals surface area contributed by atoms with Gasteiger partial charge >= 0.3 is 0 Å². The van der Waals surface area contributed by atoms with E-state index in [1.54, 1.807) is 0 Å². The molecular weight excluding hydrogens is 289 g/mol. The fraction of sp³-hybridized carbons (Fsp3) is 0.0909. The third-order valence-electron chi connectivity index (χ3n) is 2.10. The number of H-pyrrole nitrogens is 1. The molecule has 0 fully saturated rings. The Bertz CT molecular complexity index is 411. The molecule has 0 amide bonds. The van der Waals surface area contributed by atoms with Gasteiger partial charge in [-0.05, 0) is 46.4 Å². The molecular formula is C11H10INO. The lowest BCUT2D eigenvalue weighted by Gasteiger charge is -2.09. The van der Waals surface area contributed by atoms with Crippen molar-refractivity contribution in [2.24, 2.45) is 0 Å². The maximum absolute atomic E-state index is 9.98. The molecule has 0 saturated carbocycles. The van der Waals surface area contributed by atoms with Gasteiger partial charge < -0.3 is 10.1 Å². The molecule has 0 aliphatic carbocycles. The van der Waals surface area contributed by atoms with Crippen LogP contribution in [-0.4, -0.2) is 10.1 Å². The molecule has 1 heterocycles. The Kier molecular flexibility index (Phi) is 2.88. The third-order valence-corrected chi connectivity index (χ3v) is 2.77. The van der Waals surface area contributed by atoms with Gasteiger partial charge in [0, 0.05) is 21.5 Å². The molecule has 3 heteroatoms. The van der Waals surface area contributed by atoms with E-state index < -0.39 is 6.10 Å². The molecule has 0 saturated heterocycles. The monoisotopic (exact) mass is 299 g/mol. The Hall–Kier alpha value is -0.810. The summed E-state index contributed by atoms with van der Waals surface area (Å²) < 4.78 is 1.13. The number of rotatable bonds is 2. The van der Waals surface area contributed by atoms with Gasteiger partial charge in [0.25, 0.3) is 0 Å². The first-order valence-corrected chi connectivity index (χ1v) is 5.41. The second-order valence-corrected chi connectivity index (χ2v) is 4.35. The van der Waals surface area contributed by atoms with Gasteiger partial charge in [-0.15, -0.1) is 0 Å². The van der Waals surface area contributed by atoms with E-state index in [2.05, 4.69) is 27.6 Å². The maximum Gasteiger partial charge on any atom is 0.106 e. The smallest absolute Gasteiger partial charge is 0.106 e. The van der Waals surface area contributed by atoms with E-state index in [-0.39, 0.29) is 0 Å².